The van der Waals surface area contributed by atoms with Crippen molar-refractivity contribution in [1.82, 2.24) is 0 Å². The van der Waals surface area contributed by atoms with Crippen LogP contribution < -0.4 is 0 Å². The second kappa shape index (κ2) is 54.1. The monoisotopic (exact) mass is 354 g/mol. The van der Waals surface area contributed by atoms with Gasteiger partial charge in [-0.2, -0.15) is 0 Å². The first-order valence-corrected chi connectivity index (χ1v) is 0. The minimum absolute atomic E-state index is 0. The van der Waals surface area contributed by atoms with Gasteiger partial charge in [-0.3, -0.25) is 0 Å². The quantitative estimate of drug-likeness (QED) is 0.537. The summed E-state index contributed by atoms with van der Waals surface area (Å²) in [4.78, 5) is 0. The van der Waals surface area contributed by atoms with E-state index in [9.17, 15) is 0 Å². The molecule has 0 fully saturated rings. The van der Waals surface area contributed by atoms with E-state index in [1.54, 1.807) is 0 Å². The van der Waals surface area contributed by atoms with Crippen LogP contribution in [0.4, 0.5) is 0 Å². The average Bonchev–Trinajstić information content (AvgIpc) is 0. The minimum atomic E-state index is 0. The summed E-state index contributed by atoms with van der Waals surface area (Å²) in [7, 11) is 0. The van der Waals surface area contributed by atoms with Crippen molar-refractivity contribution in [3.63, 3.8) is 0 Å². The Morgan fingerprint density at radius 2 is 0.571 bits per heavy atom. The normalized spacial score (nSPS) is 0. The molecule has 0 unspecified atom stereocenters. The van der Waals surface area contributed by atoms with Crippen LogP contribution in [0.15, 0.2) is 0 Å². The van der Waals surface area contributed by atoms with Crippen molar-refractivity contribution < 1.29 is 68.5 Å². The molecule has 7 heavy (non-hydrogen) atoms. The Morgan fingerprint density at radius 3 is 0.571 bits per heavy atom. The third-order valence-corrected chi connectivity index (χ3v) is 0. The first kappa shape index (κ1) is 74.3. The van der Waals surface area contributed by atoms with E-state index in [0.29, 0.717) is 0 Å². The molecule has 0 aliphatic rings. The van der Waals surface area contributed by atoms with Gasteiger partial charge in [-0.1, -0.05) is 0 Å². The van der Waals surface area contributed by atoms with E-state index in [2.05, 4.69) is 0 Å². The average molecular weight is 354 g/mol. The fourth-order valence-corrected chi connectivity index (χ4v) is 0. The van der Waals surface area contributed by atoms with E-state index in [1.807, 2.05) is 0 Å². The van der Waals surface area contributed by atoms with E-state index in [4.69, 9.17) is 0 Å². The second-order valence-corrected chi connectivity index (χ2v) is 0. The largest absolute Gasteiger partial charge is 4.00 e. The Bertz CT molecular complexity index is 11.7. The van der Waals surface area contributed by atoms with Crippen LogP contribution >= 0.6 is 0 Å². The molecule has 0 aliphatic heterocycles. The van der Waals surface area contributed by atoms with Gasteiger partial charge in [-0.05, 0) is 0 Å². The molecule has 0 saturated carbocycles. The molecule has 0 bridgehead atoms. The molecule has 32 valence electrons. The van der Waals surface area contributed by atoms with Gasteiger partial charge in [0.05, 0.1) is 0 Å². The zero-order valence-electron chi connectivity index (χ0n) is 3.55. The Hall–Kier alpha value is 3.66. The fraction of sp³-hybridized carbons (Fsp3) is 0. The van der Waals surface area contributed by atoms with Crippen LogP contribution in [-0.2, 0) is 122 Å². The molecule has 0 nitrogen and oxygen atoms in total. The van der Waals surface area contributed by atoms with Gasteiger partial charge in [0.25, 0.3) is 0 Å². The zero-order valence-corrected chi connectivity index (χ0v) is 15.4. The van der Waals surface area contributed by atoms with Gasteiger partial charge in [0, 0.05) is 0 Å². The van der Waals surface area contributed by atoms with E-state index >= 15 is 0 Å². The summed E-state index contributed by atoms with van der Waals surface area (Å²) in [6, 6.07) is 0. The van der Waals surface area contributed by atoms with Gasteiger partial charge in [0.1, 0.15) is 0 Å². The molecule has 0 saturated heterocycles. The maximum Gasteiger partial charge on any atom is 4.00 e. The Labute approximate surface area is 120 Å². The summed E-state index contributed by atoms with van der Waals surface area (Å²) in [5, 5.41) is 0. The van der Waals surface area contributed by atoms with Crippen LogP contribution in [0.1, 0.15) is 0 Å². The van der Waals surface area contributed by atoms with Gasteiger partial charge in [-0.25, -0.2) is 0 Å². The molecule has 0 aliphatic carbocycles. The molecule has 0 amide bonds. The first-order valence-electron chi connectivity index (χ1n) is 0. The summed E-state index contributed by atoms with van der Waals surface area (Å²) >= 11 is 0. The van der Waals surface area contributed by atoms with Crippen LogP contribution in [0, 0.1) is 0 Å². The van der Waals surface area contributed by atoms with Crippen molar-refractivity contribution in [2.24, 2.45) is 0 Å². The SMILES string of the molecule is [Cd+2].[S-2].[S-2].[S-2].[S-2].[Ti+4].[Zn+2]. The maximum atomic E-state index is 0. The Balaban J connectivity index is 0. The van der Waals surface area contributed by atoms with Gasteiger partial charge < -0.3 is 54.0 Å². The summed E-state index contributed by atoms with van der Waals surface area (Å²) in [5.74, 6) is 0. The second-order valence-electron chi connectivity index (χ2n) is 0. The van der Waals surface area contributed by atoms with Gasteiger partial charge in [0.2, 0.25) is 0 Å². The number of hydrogen-bond donors (Lipinski definition) is 0. The molecule has 0 atom stereocenters. The smallest absolute Gasteiger partial charge is 2.00 e. The molecular weight excluding hydrogens is 354 g/mol. The number of hydrogen-bond acceptors (Lipinski definition) is 0. The van der Waals surface area contributed by atoms with Crippen LogP contribution in [-0.4, -0.2) is 0 Å². The topological polar surface area (TPSA) is 0 Å². The van der Waals surface area contributed by atoms with Crippen LogP contribution in [0.2, 0.25) is 0 Å². The summed E-state index contributed by atoms with van der Waals surface area (Å²) in [5.41, 5.74) is 0. The summed E-state index contributed by atoms with van der Waals surface area (Å²) in [6.07, 6.45) is 0. The third kappa shape index (κ3) is 42.3. The molecule has 0 rings (SSSR count). The van der Waals surface area contributed by atoms with E-state index < -0.39 is 0 Å². The van der Waals surface area contributed by atoms with Crippen molar-refractivity contribution in [2.45, 2.75) is 0 Å². The first-order chi connectivity index (χ1) is 0. The van der Waals surface area contributed by atoms with Crippen molar-refractivity contribution >= 4 is 54.0 Å². The molecule has 0 aromatic rings. The number of rotatable bonds is 0. The molecule has 0 N–H and O–H groups in total. The van der Waals surface area contributed by atoms with Crippen molar-refractivity contribution in [3.8, 4) is 0 Å². The predicted octanol–water partition coefficient (Wildman–Crippen LogP) is -0.0171. The molecule has 0 radical (unpaired) electrons. The molecule has 7 heteroatoms. The van der Waals surface area contributed by atoms with E-state index in [1.165, 1.54) is 0 Å². The van der Waals surface area contributed by atoms with Crippen molar-refractivity contribution in [1.29, 1.82) is 0 Å². The van der Waals surface area contributed by atoms with Crippen molar-refractivity contribution in [2.75, 3.05) is 0 Å². The Morgan fingerprint density at radius 1 is 0.571 bits per heavy atom. The molecular formula is CdS4TiZn. The Kier molecular flexibility index (Phi) is 574. The van der Waals surface area contributed by atoms with Gasteiger partial charge >= 0.3 is 68.5 Å². The van der Waals surface area contributed by atoms with Crippen LogP contribution in [0.5, 0.6) is 0 Å². The molecule has 0 aromatic carbocycles. The zero-order chi connectivity index (χ0) is 0. The minimum Gasteiger partial charge on any atom is -2.00 e. The summed E-state index contributed by atoms with van der Waals surface area (Å²) in [6.45, 7) is 0. The van der Waals surface area contributed by atoms with Crippen LogP contribution in [0.25, 0.3) is 0 Å². The maximum absolute atomic E-state index is 0. The molecule has 0 heterocycles. The van der Waals surface area contributed by atoms with Crippen LogP contribution in [0.3, 0.4) is 0 Å². The van der Waals surface area contributed by atoms with Gasteiger partial charge in [-0.15, -0.1) is 0 Å². The predicted molar refractivity (Wildman–Crippen MR) is 29.5 cm³/mol. The van der Waals surface area contributed by atoms with E-state index in [-0.39, 0.29) is 122 Å². The standard InChI is InChI=1S/Cd.4S.Ti.Zn/q+2;4*-2;+4;+2. The van der Waals surface area contributed by atoms with Crippen molar-refractivity contribution in [3.05, 3.63) is 0 Å². The third-order valence-electron chi connectivity index (χ3n) is 0. The fourth-order valence-electron chi connectivity index (χ4n) is 0. The molecule has 0 spiro atoms. The molecule has 0 aromatic heterocycles. The summed E-state index contributed by atoms with van der Waals surface area (Å²) < 4.78 is 0. The van der Waals surface area contributed by atoms with Gasteiger partial charge in [0.15, 0.2) is 0 Å². The van der Waals surface area contributed by atoms with E-state index in [0.717, 1.165) is 0 Å².